The lowest BCUT2D eigenvalue weighted by atomic mass is 10.2. The second kappa shape index (κ2) is 4.34. The van der Waals surface area contributed by atoms with Gasteiger partial charge in [-0.15, -0.1) is 0 Å². The molecule has 2 rings (SSSR count). The molecule has 1 aromatic carbocycles. The van der Waals surface area contributed by atoms with Gasteiger partial charge in [0.2, 0.25) is 5.91 Å². The third-order valence-electron chi connectivity index (χ3n) is 2.87. The molecule has 4 heteroatoms. The molecule has 2 atom stereocenters. The highest BCUT2D eigenvalue weighted by Crippen LogP contribution is 2.39. The van der Waals surface area contributed by atoms with Gasteiger partial charge in [0, 0.05) is 10.9 Å². The minimum Gasteiger partial charge on any atom is -0.495 e. The van der Waals surface area contributed by atoms with Crippen LogP contribution in [0.4, 0.5) is 5.69 Å². The first-order chi connectivity index (χ1) is 7.61. The minimum absolute atomic E-state index is 0.0491. The van der Waals surface area contributed by atoms with Crippen molar-refractivity contribution in [1.82, 2.24) is 0 Å². The molecular weight excluding hydrogens is 226 g/mol. The van der Waals surface area contributed by atoms with E-state index in [9.17, 15) is 4.79 Å². The van der Waals surface area contributed by atoms with Gasteiger partial charge in [-0.1, -0.05) is 18.5 Å². The van der Waals surface area contributed by atoms with E-state index in [1.807, 2.05) is 0 Å². The molecule has 0 spiro atoms. The maximum Gasteiger partial charge on any atom is 0.227 e. The van der Waals surface area contributed by atoms with Crippen molar-refractivity contribution >= 4 is 23.2 Å². The molecule has 1 fully saturated rings. The summed E-state index contributed by atoms with van der Waals surface area (Å²) in [7, 11) is 1.57. The predicted octanol–water partition coefficient (Wildman–Crippen LogP) is 2.94. The van der Waals surface area contributed by atoms with Crippen LogP contribution in [0.2, 0.25) is 5.02 Å². The Bertz CT molecular complexity index is 419. The van der Waals surface area contributed by atoms with E-state index in [2.05, 4.69) is 12.2 Å². The highest BCUT2D eigenvalue weighted by Gasteiger charge is 2.39. The molecule has 3 nitrogen and oxygen atoms in total. The molecule has 1 N–H and O–H groups in total. The molecule has 0 heterocycles. The van der Waals surface area contributed by atoms with E-state index >= 15 is 0 Å². The Morgan fingerprint density at radius 1 is 1.56 bits per heavy atom. The molecule has 0 bridgehead atoms. The summed E-state index contributed by atoms with van der Waals surface area (Å²) >= 11 is 5.87. The molecule has 0 aliphatic heterocycles. The topological polar surface area (TPSA) is 38.3 Å². The highest BCUT2D eigenvalue weighted by atomic mass is 35.5. The Balaban J connectivity index is 2.13. The molecule has 0 unspecified atom stereocenters. The first kappa shape index (κ1) is 11.3. The fraction of sp³-hybridized carbons (Fsp3) is 0.417. The summed E-state index contributed by atoms with van der Waals surface area (Å²) in [5, 5.41) is 3.43. The van der Waals surface area contributed by atoms with E-state index in [-0.39, 0.29) is 11.8 Å². The summed E-state index contributed by atoms with van der Waals surface area (Å²) < 4.78 is 5.15. The van der Waals surface area contributed by atoms with E-state index < -0.39 is 0 Å². The van der Waals surface area contributed by atoms with Gasteiger partial charge < -0.3 is 10.1 Å². The van der Waals surface area contributed by atoms with Gasteiger partial charge >= 0.3 is 0 Å². The molecule has 0 saturated heterocycles. The molecule has 0 aromatic heterocycles. The Kier molecular flexibility index (Phi) is 3.06. The van der Waals surface area contributed by atoms with E-state index in [0.717, 1.165) is 6.42 Å². The van der Waals surface area contributed by atoms with Crippen LogP contribution < -0.4 is 10.1 Å². The number of hydrogen-bond acceptors (Lipinski definition) is 2. The molecule has 1 saturated carbocycles. The Hall–Kier alpha value is -1.22. The van der Waals surface area contributed by atoms with Gasteiger partial charge in [0.15, 0.2) is 0 Å². The number of methoxy groups -OCH3 is 1. The summed E-state index contributed by atoms with van der Waals surface area (Å²) in [5.74, 6) is 1.31. The number of rotatable bonds is 3. The summed E-state index contributed by atoms with van der Waals surface area (Å²) in [6.07, 6.45) is 0.967. The minimum atomic E-state index is 0.0491. The number of benzene rings is 1. The van der Waals surface area contributed by atoms with Gasteiger partial charge in [-0.05, 0) is 30.5 Å². The summed E-state index contributed by atoms with van der Waals surface area (Å²) in [5.41, 5.74) is 0.638. The van der Waals surface area contributed by atoms with Crippen LogP contribution in [0.15, 0.2) is 18.2 Å². The number of carbonyl (C=O) groups excluding carboxylic acids is 1. The number of ether oxygens (including phenoxy) is 1. The number of anilines is 1. The maximum atomic E-state index is 11.8. The summed E-state index contributed by atoms with van der Waals surface area (Å²) in [6.45, 7) is 2.07. The molecular formula is C12H14ClNO2. The second-order valence-corrected chi connectivity index (χ2v) is 4.59. The predicted molar refractivity (Wildman–Crippen MR) is 63.9 cm³/mol. The second-order valence-electron chi connectivity index (χ2n) is 4.15. The van der Waals surface area contributed by atoms with Crippen molar-refractivity contribution in [3.05, 3.63) is 23.2 Å². The number of carbonyl (C=O) groups is 1. The van der Waals surface area contributed by atoms with E-state index in [0.29, 0.717) is 22.4 Å². The van der Waals surface area contributed by atoms with Gasteiger partial charge in [0.1, 0.15) is 5.75 Å². The van der Waals surface area contributed by atoms with Crippen molar-refractivity contribution in [3.63, 3.8) is 0 Å². The zero-order valence-corrected chi connectivity index (χ0v) is 10.0. The van der Waals surface area contributed by atoms with Crippen LogP contribution in [0, 0.1) is 11.8 Å². The van der Waals surface area contributed by atoms with Gasteiger partial charge in [-0.3, -0.25) is 4.79 Å². The average molecular weight is 240 g/mol. The molecule has 0 radical (unpaired) electrons. The van der Waals surface area contributed by atoms with Gasteiger partial charge in [-0.25, -0.2) is 0 Å². The van der Waals surface area contributed by atoms with E-state index in [1.165, 1.54) is 0 Å². The lowest BCUT2D eigenvalue weighted by molar-refractivity contribution is -0.117. The van der Waals surface area contributed by atoms with Crippen LogP contribution in [0.1, 0.15) is 13.3 Å². The fourth-order valence-corrected chi connectivity index (χ4v) is 1.86. The monoisotopic (exact) mass is 239 g/mol. The number of nitrogens with one attached hydrogen (secondary N) is 1. The lowest BCUT2D eigenvalue weighted by Gasteiger charge is -2.10. The van der Waals surface area contributed by atoms with Crippen LogP contribution in [0.3, 0.4) is 0 Å². The Labute approximate surface area is 99.7 Å². The first-order valence-corrected chi connectivity index (χ1v) is 5.64. The molecule has 1 amide bonds. The summed E-state index contributed by atoms with van der Waals surface area (Å²) in [4.78, 5) is 11.8. The van der Waals surface area contributed by atoms with E-state index in [1.54, 1.807) is 25.3 Å². The van der Waals surface area contributed by atoms with Crippen molar-refractivity contribution in [2.75, 3.05) is 12.4 Å². The molecule has 86 valence electrons. The third-order valence-corrected chi connectivity index (χ3v) is 3.10. The zero-order chi connectivity index (χ0) is 11.7. The molecule has 16 heavy (non-hydrogen) atoms. The molecule has 1 aromatic rings. The van der Waals surface area contributed by atoms with Crippen molar-refractivity contribution in [1.29, 1.82) is 0 Å². The van der Waals surface area contributed by atoms with Crippen molar-refractivity contribution in [2.24, 2.45) is 11.8 Å². The molecule has 1 aliphatic carbocycles. The van der Waals surface area contributed by atoms with Crippen LogP contribution >= 0.6 is 11.6 Å². The smallest absolute Gasteiger partial charge is 0.227 e. The van der Waals surface area contributed by atoms with Crippen molar-refractivity contribution < 1.29 is 9.53 Å². The van der Waals surface area contributed by atoms with Crippen LogP contribution in [-0.2, 0) is 4.79 Å². The zero-order valence-electron chi connectivity index (χ0n) is 9.29. The largest absolute Gasteiger partial charge is 0.495 e. The van der Waals surface area contributed by atoms with E-state index in [4.69, 9.17) is 16.3 Å². The third kappa shape index (κ3) is 2.30. The summed E-state index contributed by atoms with van der Waals surface area (Å²) in [6, 6.07) is 5.18. The van der Waals surface area contributed by atoms with Crippen LogP contribution in [0.5, 0.6) is 5.75 Å². The van der Waals surface area contributed by atoms with Crippen LogP contribution in [-0.4, -0.2) is 13.0 Å². The van der Waals surface area contributed by atoms with Crippen molar-refractivity contribution in [3.8, 4) is 5.75 Å². The van der Waals surface area contributed by atoms with Crippen molar-refractivity contribution in [2.45, 2.75) is 13.3 Å². The molecule has 1 aliphatic rings. The fourth-order valence-electron chi connectivity index (χ4n) is 1.69. The number of halogens is 1. The normalized spacial score (nSPS) is 22.7. The SMILES string of the molecule is COc1ccc(Cl)cc1NC(=O)[C@H]1C[C@@H]1C. The lowest BCUT2D eigenvalue weighted by Crippen LogP contribution is -2.15. The van der Waals surface area contributed by atoms with Crippen LogP contribution in [0.25, 0.3) is 0 Å². The number of hydrogen-bond donors (Lipinski definition) is 1. The Morgan fingerprint density at radius 3 is 2.81 bits per heavy atom. The van der Waals surface area contributed by atoms with Gasteiger partial charge in [0.05, 0.1) is 12.8 Å². The Morgan fingerprint density at radius 2 is 2.25 bits per heavy atom. The first-order valence-electron chi connectivity index (χ1n) is 5.26. The average Bonchev–Trinajstić information content (AvgIpc) is 2.96. The number of amides is 1. The standard InChI is InChI=1S/C12H14ClNO2/c1-7-5-9(7)12(15)14-10-6-8(13)3-4-11(10)16-2/h3-4,6-7,9H,5H2,1-2H3,(H,14,15)/t7-,9-/m0/s1. The quantitative estimate of drug-likeness (QED) is 0.881. The van der Waals surface area contributed by atoms with Gasteiger partial charge in [0.25, 0.3) is 0 Å². The van der Waals surface area contributed by atoms with Gasteiger partial charge in [-0.2, -0.15) is 0 Å². The highest BCUT2D eigenvalue weighted by molar-refractivity contribution is 6.31. The maximum absolute atomic E-state index is 11.8.